The second-order valence-corrected chi connectivity index (χ2v) is 13.6. The SMILES string of the molecule is CC(=O)OC[C@H]1O[C@@H](O[C@H]2[C@H](OC(C)=O)[C@@H](OC(C)=O)[C@H](NC(=O)[C@H](C)NC(=O)OC(C)(C)C)O[C@@H]2COC(C)=O)[C@H](OC(C)=O)[C@@H](OC(C)=O)[C@H]1OC(C)=O. The van der Waals surface area contributed by atoms with Crippen LogP contribution in [0.3, 0.4) is 0 Å². The molecule has 56 heavy (non-hydrogen) atoms. The van der Waals surface area contributed by atoms with Crippen LogP contribution in [0.15, 0.2) is 0 Å². The number of hydrogen-bond acceptors (Lipinski definition) is 20. The molecule has 0 radical (unpaired) electrons. The average molecular weight is 807 g/mol. The van der Waals surface area contributed by atoms with Gasteiger partial charge in [-0.25, -0.2) is 4.79 Å². The average Bonchev–Trinajstić information content (AvgIpc) is 3.02. The largest absolute Gasteiger partial charge is 0.463 e. The molecule has 0 spiro atoms. The van der Waals surface area contributed by atoms with Gasteiger partial charge in [0.25, 0.3) is 0 Å². The van der Waals surface area contributed by atoms with Gasteiger partial charge >= 0.3 is 47.9 Å². The quantitative estimate of drug-likeness (QED) is 0.167. The second-order valence-electron chi connectivity index (χ2n) is 13.6. The van der Waals surface area contributed by atoms with Crippen LogP contribution in [-0.4, -0.2) is 140 Å². The Morgan fingerprint density at radius 1 is 0.554 bits per heavy atom. The maximum atomic E-state index is 13.4. The lowest BCUT2D eigenvalue weighted by atomic mass is 9.95. The Hall–Kier alpha value is -5.09. The van der Waals surface area contributed by atoms with E-state index in [1.807, 2.05) is 0 Å². The van der Waals surface area contributed by atoms with Crippen molar-refractivity contribution >= 4 is 53.8 Å². The molecule has 2 amide bonds. The van der Waals surface area contributed by atoms with Crippen molar-refractivity contribution in [3.05, 3.63) is 0 Å². The first-order valence-corrected chi connectivity index (χ1v) is 17.3. The summed E-state index contributed by atoms with van der Waals surface area (Å²) in [5.41, 5.74) is -0.903. The molecule has 2 aliphatic heterocycles. The Labute approximate surface area is 322 Å². The van der Waals surface area contributed by atoms with Crippen molar-refractivity contribution < 1.29 is 95.3 Å². The van der Waals surface area contributed by atoms with Crippen molar-refractivity contribution in [2.75, 3.05) is 13.2 Å². The van der Waals surface area contributed by atoms with Crippen molar-refractivity contribution in [3.8, 4) is 0 Å². The van der Waals surface area contributed by atoms with Gasteiger partial charge in [-0.05, 0) is 27.7 Å². The molecule has 0 saturated carbocycles. The zero-order valence-electron chi connectivity index (χ0n) is 32.9. The van der Waals surface area contributed by atoms with Gasteiger partial charge in [0.05, 0.1) is 0 Å². The molecule has 22 nitrogen and oxygen atoms in total. The predicted octanol–water partition coefficient (Wildman–Crippen LogP) is -0.364. The van der Waals surface area contributed by atoms with E-state index in [-0.39, 0.29) is 0 Å². The molecule has 11 atom stereocenters. The number of carbonyl (C=O) groups is 9. The van der Waals surface area contributed by atoms with Gasteiger partial charge in [0.1, 0.15) is 43.2 Å². The summed E-state index contributed by atoms with van der Waals surface area (Å²) >= 11 is 0. The Morgan fingerprint density at radius 3 is 1.41 bits per heavy atom. The molecule has 2 rings (SSSR count). The molecule has 2 heterocycles. The van der Waals surface area contributed by atoms with Crippen molar-refractivity contribution in [3.63, 3.8) is 0 Å². The molecular formula is C34H50N2O20. The number of nitrogens with one attached hydrogen (secondary N) is 2. The van der Waals surface area contributed by atoms with E-state index in [2.05, 4.69) is 10.6 Å². The molecule has 0 aromatic heterocycles. The Balaban J connectivity index is 2.71. The third-order valence-corrected chi connectivity index (χ3v) is 7.34. The molecular weight excluding hydrogens is 756 g/mol. The first-order valence-electron chi connectivity index (χ1n) is 17.3. The summed E-state index contributed by atoms with van der Waals surface area (Å²) in [5, 5.41) is 4.80. The van der Waals surface area contributed by atoms with Gasteiger partial charge in [0, 0.05) is 48.5 Å². The Kier molecular flexibility index (Phi) is 17.4. The summed E-state index contributed by atoms with van der Waals surface area (Å²) in [5.74, 6) is -7.23. The normalized spacial score (nSPS) is 27.8. The van der Waals surface area contributed by atoms with Crippen LogP contribution in [0, 0.1) is 0 Å². The fourth-order valence-electron chi connectivity index (χ4n) is 5.44. The van der Waals surface area contributed by atoms with Gasteiger partial charge in [0.2, 0.25) is 5.91 Å². The highest BCUT2D eigenvalue weighted by molar-refractivity contribution is 5.85. The fourth-order valence-corrected chi connectivity index (χ4v) is 5.44. The van der Waals surface area contributed by atoms with Crippen LogP contribution in [0.4, 0.5) is 4.79 Å². The van der Waals surface area contributed by atoms with E-state index in [0.29, 0.717) is 0 Å². The summed E-state index contributed by atoms with van der Waals surface area (Å²) in [6.07, 6.45) is -17.7. The molecule has 0 bridgehead atoms. The molecule has 316 valence electrons. The minimum Gasteiger partial charge on any atom is -0.463 e. The number of hydrogen-bond donors (Lipinski definition) is 2. The van der Waals surface area contributed by atoms with Crippen LogP contribution >= 0.6 is 0 Å². The Morgan fingerprint density at radius 2 is 0.964 bits per heavy atom. The van der Waals surface area contributed by atoms with Gasteiger partial charge in [-0.2, -0.15) is 0 Å². The monoisotopic (exact) mass is 806 g/mol. The molecule has 0 aromatic carbocycles. The number of carbonyl (C=O) groups excluding carboxylic acids is 9. The highest BCUT2D eigenvalue weighted by Gasteiger charge is 2.57. The van der Waals surface area contributed by atoms with Crippen LogP contribution in [0.25, 0.3) is 0 Å². The first kappa shape index (κ1) is 47.1. The molecule has 2 N–H and O–H groups in total. The van der Waals surface area contributed by atoms with Crippen molar-refractivity contribution in [2.24, 2.45) is 0 Å². The molecule has 22 heteroatoms. The molecule has 2 saturated heterocycles. The third kappa shape index (κ3) is 15.2. The minimum atomic E-state index is -1.88. The van der Waals surface area contributed by atoms with E-state index >= 15 is 0 Å². The van der Waals surface area contributed by atoms with E-state index in [1.54, 1.807) is 20.8 Å². The van der Waals surface area contributed by atoms with Crippen molar-refractivity contribution in [1.82, 2.24) is 10.6 Å². The van der Waals surface area contributed by atoms with Crippen molar-refractivity contribution in [1.29, 1.82) is 0 Å². The van der Waals surface area contributed by atoms with E-state index in [0.717, 1.165) is 48.5 Å². The van der Waals surface area contributed by atoms with E-state index in [9.17, 15) is 43.2 Å². The summed E-state index contributed by atoms with van der Waals surface area (Å²) < 4.78 is 61.2. The van der Waals surface area contributed by atoms with Crippen LogP contribution in [0.5, 0.6) is 0 Å². The Bertz CT molecular complexity index is 1480. The number of esters is 7. The van der Waals surface area contributed by atoms with E-state index in [1.165, 1.54) is 6.92 Å². The lowest BCUT2D eigenvalue weighted by Gasteiger charge is -2.49. The van der Waals surface area contributed by atoms with Gasteiger partial charge in [-0.15, -0.1) is 0 Å². The molecule has 2 aliphatic rings. The molecule has 0 aliphatic carbocycles. The smallest absolute Gasteiger partial charge is 0.408 e. The lowest BCUT2D eigenvalue weighted by molar-refractivity contribution is -0.345. The summed E-state index contributed by atoms with van der Waals surface area (Å²) in [6, 6.07) is -1.28. The van der Waals surface area contributed by atoms with Crippen LogP contribution in [-0.2, 0) is 90.5 Å². The van der Waals surface area contributed by atoms with Gasteiger partial charge in [-0.3, -0.25) is 38.4 Å². The zero-order valence-corrected chi connectivity index (χ0v) is 32.9. The first-order chi connectivity index (χ1) is 25.9. The standard InChI is InChI=1S/C34H50N2O20/c1-14(35-33(45)56-34(9,10)11)30(44)36-31-28(51-20(7)42)26(49-18(5)40)25(22(53-31)12-46-15(2)37)55-32-29(52-21(8)43)27(50-19(6)41)24(48-17(4)39)23(54-32)13-47-16(3)38/h14,22-29,31-32H,12-13H2,1-11H3,(H,35,45)(H,36,44)/t14-,22+,23+,24-,25+,26-,27-,28+,29+,31+,32-/m0/s1. The van der Waals surface area contributed by atoms with E-state index < -0.39 is 140 Å². The lowest BCUT2D eigenvalue weighted by Crippen LogP contribution is -2.69. The maximum absolute atomic E-state index is 13.4. The number of rotatable bonds is 14. The topological polar surface area (TPSA) is 279 Å². The molecule has 0 aromatic rings. The summed E-state index contributed by atoms with van der Waals surface area (Å²) in [7, 11) is 0. The summed E-state index contributed by atoms with van der Waals surface area (Å²) in [4.78, 5) is 112. The van der Waals surface area contributed by atoms with Crippen LogP contribution in [0.1, 0.15) is 76.2 Å². The van der Waals surface area contributed by atoms with Gasteiger partial charge < -0.3 is 62.7 Å². The zero-order chi connectivity index (χ0) is 42.7. The second kappa shape index (κ2) is 20.7. The number of alkyl carbamates (subject to hydrolysis) is 1. The predicted molar refractivity (Wildman–Crippen MR) is 180 cm³/mol. The highest BCUT2D eigenvalue weighted by atomic mass is 16.8. The van der Waals surface area contributed by atoms with Crippen molar-refractivity contribution in [2.45, 2.75) is 149 Å². The number of amides is 2. The highest BCUT2D eigenvalue weighted by Crippen LogP contribution is 2.35. The maximum Gasteiger partial charge on any atom is 0.408 e. The minimum absolute atomic E-state index is 0.622. The number of ether oxygens (including phenoxy) is 11. The van der Waals surface area contributed by atoms with Gasteiger partial charge in [-0.1, -0.05) is 0 Å². The van der Waals surface area contributed by atoms with E-state index in [4.69, 9.17) is 52.1 Å². The van der Waals surface area contributed by atoms with Gasteiger partial charge in [0.15, 0.2) is 43.0 Å². The summed E-state index contributed by atoms with van der Waals surface area (Å²) in [6.45, 7) is 12.0. The third-order valence-electron chi connectivity index (χ3n) is 7.34. The van der Waals surface area contributed by atoms with Crippen LogP contribution in [0.2, 0.25) is 0 Å². The molecule has 2 fully saturated rings. The molecule has 0 unspecified atom stereocenters. The van der Waals surface area contributed by atoms with Crippen LogP contribution < -0.4 is 10.6 Å². The fraction of sp³-hybridized carbons (Fsp3) is 0.735.